The van der Waals surface area contributed by atoms with Gasteiger partial charge < -0.3 is 5.11 Å². The number of nitrogens with zero attached hydrogens (tertiary/aromatic N) is 2. The van der Waals surface area contributed by atoms with Crippen molar-refractivity contribution in [1.29, 1.82) is 0 Å². The van der Waals surface area contributed by atoms with Gasteiger partial charge in [-0.3, -0.25) is 9.48 Å². The minimum atomic E-state index is -0.933. The minimum Gasteiger partial charge on any atom is -0.385 e. The SMILES string of the molecule is CCCn1nccc1C(=O)C(O)C(C)C. The second-order valence-electron chi connectivity index (χ2n) is 3.99. The number of hydrogen-bond acceptors (Lipinski definition) is 3. The van der Waals surface area contributed by atoms with E-state index in [2.05, 4.69) is 5.10 Å². The molecule has 0 bridgehead atoms. The number of aromatic nitrogens is 2. The molecule has 4 heteroatoms. The third-order valence-corrected chi connectivity index (χ3v) is 2.30. The molecule has 0 aliphatic carbocycles. The van der Waals surface area contributed by atoms with Gasteiger partial charge in [-0.1, -0.05) is 20.8 Å². The molecule has 0 aromatic carbocycles. The van der Waals surface area contributed by atoms with Crippen molar-refractivity contribution >= 4 is 5.78 Å². The van der Waals surface area contributed by atoms with Crippen molar-refractivity contribution in [3.63, 3.8) is 0 Å². The van der Waals surface area contributed by atoms with Gasteiger partial charge in [0.2, 0.25) is 5.78 Å². The van der Waals surface area contributed by atoms with Crippen LogP contribution >= 0.6 is 0 Å². The molecule has 1 aromatic rings. The van der Waals surface area contributed by atoms with Crippen molar-refractivity contribution in [2.45, 2.75) is 39.8 Å². The van der Waals surface area contributed by atoms with Crippen LogP contribution in [0.4, 0.5) is 0 Å². The first kappa shape index (κ1) is 11.9. The van der Waals surface area contributed by atoms with Crippen LogP contribution in [0.1, 0.15) is 37.7 Å². The van der Waals surface area contributed by atoms with Crippen LogP contribution in [0.5, 0.6) is 0 Å². The molecule has 0 radical (unpaired) electrons. The molecule has 1 aromatic heterocycles. The van der Waals surface area contributed by atoms with E-state index in [4.69, 9.17) is 0 Å². The fourth-order valence-electron chi connectivity index (χ4n) is 1.39. The van der Waals surface area contributed by atoms with Gasteiger partial charge in [0.25, 0.3) is 0 Å². The molecule has 1 rings (SSSR count). The summed E-state index contributed by atoms with van der Waals surface area (Å²) in [7, 11) is 0. The van der Waals surface area contributed by atoms with Crippen molar-refractivity contribution in [3.8, 4) is 0 Å². The molecule has 4 nitrogen and oxygen atoms in total. The molecule has 1 heterocycles. The van der Waals surface area contributed by atoms with E-state index in [1.807, 2.05) is 20.8 Å². The number of aliphatic hydroxyl groups is 1. The van der Waals surface area contributed by atoms with Crippen molar-refractivity contribution < 1.29 is 9.90 Å². The lowest BCUT2D eigenvalue weighted by atomic mass is 10.0. The van der Waals surface area contributed by atoms with E-state index in [1.54, 1.807) is 16.9 Å². The Balaban J connectivity index is 2.86. The zero-order valence-electron chi connectivity index (χ0n) is 9.47. The molecule has 1 N–H and O–H groups in total. The Hall–Kier alpha value is -1.16. The topological polar surface area (TPSA) is 55.1 Å². The average Bonchev–Trinajstić information content (AvgIpc) is 2.64. The van der Waals surface area contributed by atoms with E-state index >= 15 is 0 Å². The Morgan fingerprint density at radius 2 is 2.27 bits per heavy atom. The summed E-state index contributed by atoms with van der Waals surface area (Å²) in [5.74, 6) is -0.307. The zero-order valence-corrected chi connectivity index (χ0v) is 9.47. The van der Waals surface area contributed by atoms with Gasteiger partial charge in [0.15, 0.2) is 0 Å². The van der Waals surface area contributed by atoms with E-state index in [0.29, 0.717) is 12.2 Å². The first-order valence-electron chi connectivity index (χ1n) is 5.32. The van der Waals surface area contributed by atoms with Crippen LogP contribution < -0.4 is 0 Å². The summed E-state index contributed by atoms with van der Waals surface area (Å²) < 4.78 is 1.65. The minimum absolute atomic E-state index is 0.0672. The Bertz CT molecular complexity index is 331. The lowest BCUT2D eigenvalue weighted by Gasteiger charge is -2.13. The Morgan fingerprint density at radius 3 is 2.80 bits per heavy atom. The Kier molecular flexibility index (Phi) is 4.03. The van der Waals surface area contributed by atoms with Crippen molar-refractivity contribution in [3.05, 3.63) is 18.0 Å². The maximum absolute atomic E-state index is 11.8. The maximum atomic E-state index is 11.8. The lowest BCUT2D eigenvalue weighted by molar-refractivity contribution is 0.0636. The lowest BCUT2D eigenvalue weighted by Crippen LogP contribution is -2.28. The van der Waals surface area contributed by atoms with Gasteiger partial charge in [-0.2, -0.15) is 5.10 Å². The molecule has 0 fully saturated rings. The monoisotopic (exact) mass is 210 g/mol. The highest BCUT2D eigenvalue weighted by Gasteiger charge is 2.23. The van der Waals surface area contributed by atoms with Gasteiger partial charge in [-0.15, -0.1) is 0 Å². The number of aliphatic hydroxyl groups excluding tert-OH is 1. The molecule has 84 valence electrons. The first-order chi connectivity index (χ1) is 7.07. The van der Waals surface area contributed by atoms with Crippen LogP contribution in [0.15, 0.2) is 12.3 Å². The van der Waals surface area contributed by atoms with Crippen LogP contribution in [0.25, 0.3) is 0 Å². The number of ketones is 1. The summed E-state index contributed by atoms with van der Waals surface area (Å²) in [6.07, 6.45) is 1.58. The predicted molar refractivity (Wildman–Crippen MR) is 57.7 cm³/mol. The summed E-state index contributed by atoms with van der Waals surface area (Å²) in [6.45, 7) is 6.37. The van der Waals surface area contributed by atoms with Crippen LogP contribution in [0.2, 0.25) is 0 Å². The number of hydrogen-bond donors (Lipinski definition) is 1. The van der Waals surface area contributed by atoms with Gasteiger partial charge in [-0.05, 0) is 18.4 Å². The first-order valence-corrected chi connectivity index (χ1v) is 5.32. The maximum Gasteiger partial charge on any atom is 0.209 e. The molecule has 0 amide bonds. The molecule has 1 unspecified atom stereocenters. The highest BCUT2D eigenvalue weighted by Crippen LogP contribution is 2.10. The van der Waals surface area contributed by atoms with E-state index in [1.165, 1.54) is 0 Å². The second kappa shape index (κ2) is 5.07. The van der Waals surface area contributed by atoms with Crippen LogP contribution in [-0.4, -0.2) is 26.8 Å². The summed E-state index contributed by atoms with van der Waals surface area (Å²) in [6, 6.07) is 1.66. The largest absolute Gasteiger partial charge is 0.385 e. The fraction of sp³-hybridized carbons (Fsp3) is 0.636. The van der Waals surface area contributed by atoms with Crippen molar-refractivity contribution in [2.75, 3.05) is 0 Å². The number of rotatable bonds is 5. The van der Waals surface area contributed by atoms with Gasteiger partial charge in [-0.25, -0.2) is 0 Å². The molecule has 1 atom stereocenters. The molecule has 0 saturated carbocycles. The molecular weight excluding hydrogens is 192 g/mol. The highest BCUT2D eigenvalue weighted by atomic mass is 16.3. The summed E-state index contributed by atoms with van der Waals surface area (Å²) >= 11 is 0. The number of carbonyl (C=O) groups excluding carboxylic acids is 1. The Morgan fingerprint density at radius 1 is 1.60 bits per heavy atom. The van der Waals surface area contributed by atoms with E-state index in [-0.39, 0.29) is 11.7 Å². The van der Waals surface area contributed by atoms with Crippen molar-refractivity contribution in [1.82, 2.24) is 9.78 Å². The molecule has 0 saturated heterocycles. The smallest absolute Gasteiger partial charge is 0.209 e. The fourth-order valence-corrected chi connectivity index (χ4v) is 1.39. The normalized spacial score (nSPS) is 13.1. The molecular formula is C11H18N2O2. The zero-order chi connectivity index (χ0) is 11.4. The standard InChI is InChI=1S/C11H18N2O2/c1-4-7-13-9(5-6-12-13)11(15)10(14)8(2)3/h5-6,8,10,14H,4,7H2,1-3H3. The number of Topliss-reactive ketones (excluding diaryl/α,β-unsaturated/α-hetero) is 1. The van der Waals surface area contributed by atoms with Crippen LogP contribution in [0.3, 0.4) is 0 Å². The molecule has 15 heavy (non-hydrogen) atoms. The van der Waals surface area contributed by atoms with E-state index < -0.39 is 6.10 Å². The molecule has 0 aliphatic rings. The quantitative estimate of drug-likeness (QED) is 0.749. The third kappa shape index (κ3) is 2.65. The van der Waals surface area contributed by atoms with E-state index in [9.17, 15) is 9.90 Å². The van der Waals surface area contributed by atoms with Crippen LogP contribution in [0, 0.1) is 5.92 Å². The third-order valence-electron chi connectivity index (χ3n) is 2.30. The van der Waals surface area contributed by atoms with E-state index in [0.717, 1.165) is 6.42 Å². The second-order valence-corrected chi connectivity index (χ2v) is 3.99. The van der Waals surface area contributed by atoms with Gasteiger partial charge in [0.1, 0.15) is 11.8 Å². The number of carbonyl (C=O) groups is 1. The summed E-state index contributed by atoms with van der Waals surface area (Å²) in [4.78, 5) is 11.8. The Labute approximate surface area is 89.9 Å². The molecule has 0 spiro atoms. The van der Waals surface area contributed by atoms with Crippen molar-refractivity contribution in [2.24, 2.45) is 5.92 Å². The van der Waals surface area contributed by atoms with Gasteiger partial charge in [0, 0.05) is 12.7 Å². The van der Waals surface area contributed by atoms with Gasteiger partial charge in [0.05, 0.1) is 0 Å². The molecule has 0 aliphatic heterocycles. The summed E-state index contributed by atoms with van der Waals surface area (Å²) in [5.41, 5.74) is 0.498. The van der Waals surface area contributed by atoms with Gasteiger partial charge >= 0.3 is 0 Å². The average molecular weight is 210 g/mol. The number of aryl methyl sites for hydroxylation is 1. The van der Waals surface area contributed by atoms with Crippen LogP contribution in [-0.2, 0) is 6.54 Å². The highest BCUT2D eigenvalue weighted by molar-refractivity contribution is 5.97. The predicted octanol–water partition coefficient (Wildman–Crippen LogP) is 1.49. The summed E-state index contributed by atoms with van der Waals surface area (Å²) in [5, 5.41) is 13.7.